The number of carbonyl (C=O) groups excluding carboxylic acids is 1. The van der Waals surface area contributed by atoms with Crippen molar-refractivity contribution in [2.45, 2.75) is 6.04 Å². The lowest BCUT2D eigenvalue weighted by Gasteiger charge is -2.23. The highest BCUT2D eigenvalue weighted by atomic mass is 16.2. The van der Waals surface area contributed by atoms with Gasteiger partial charge in [-0.2, -0.15) is 0 Å². The number of likely N-dealkylation sites (N-methyl/N-ethyl adjacent to an activating group) is 1. The SMILES string of the molecule is CN(CC(=O)NC(c1ccccc1)c1ccncc1)c1ccccc1. The zero-order valence-electron chi connectivity index (χ0n) is 14.2. The van der Waals surface area contributed by atoms with Gasteiger partial charge in [-0.25, -0.2) is 0 Å². The van der Waals surface area contributed by atoms with Crippen molar-refractivity contribution in [2.75, 3.05) is 18.5 Å². The Balaban J connectivity index is 1.75. The highest BCUT2D eigenvalue weighted by Crippen LogP contribution is 2.21. The number of hydrogen-bond donors (Lipinski definition) is 1. The number of benzene rings is 2. The van der Waals surface area contributed by atoms with E-state index in [1.807, 2.05) is 84.7 Å². The third-order valence-corrected chi connectivity index (χ3v) is 4.06. The minimum atomic E-state index is -0.194. The normalized spacial score (nSPS) is 11.6. The predicted octanol–water partition coefficient (Wildman–Crippen LogP) is 3.42. The van der Waals surface area contributed by atoms with E-state index < -0.39 is 0 Å². The van der Waals surface area contributed by atoms with E-state index in [1.54, 1.807) is 12.4 Å². The Labute approximate surface area is 148 Å². The van der Waals surface area contributed by atoms with Gasteiger partial charge in [0, 0.05) is 25.1 Å². The molecule has 0 saturated carbocycles. The van der Waals surface area contributed by atoms with Crippen molar-refractivity contribution in [2.24, 2.45) is 0 Å². The van der Waals surface area contributed by atoms with Crippen LogP contribution < -0.4 is 10.2 Å². The summed E-state index contributed by atoms with van der Waals surface area (Å²) in [7, 11) is 1.92. The number of aromatic nitrogens is 1. The van der Waals surface area contributed by atoms with Crippen molar-refractivity contribution in [3.05, 3.63) is 96.3 Å². The van der Waals surface area contributed by atoms with Crippen molar-refractivity contribution < 1.29 is 4.79 Å². The zero-order valence-corrected chi connectivity index (χ0v) is 14.2. The van der Waals surface area contributed by atoms with Crippen LogP contribution in [0.3, 0.4) is 0 Å². The average Bonchev–Trinajstić information content (AvgIpc) is 2.68. The molecule has 1 atom stereocenters. The molecule has 3 aromatic rings. The predicted molar refractivity (Wildman–Crippen MR) is 100 cm³/mol. The van der Waals surface area contributed by atoms with Gasteiger partial charge in [0.05, 0.1) is 12.6 Å². The van der Waals surface area contributed by atoms with Gasteiger partial charge in [0.1, 0.15) is 0 Å². The second-order valence-corrected chi connectivity index (χ2v) is 5.88. The van der Waals surface area contributed by atoms with E-state index in [1.165, 1.54) is 0 Å². The fourth-order valence-corrected chi connectivity index (χ4v) is 2.76. The van der Waals surface area contributed by atoms with Crippen LogP contribution in [0.2, 0.25) is 0 Å². The molecule has 1 amide bonds. The molecule has 25 heavy (non-hydrogen) atoms. The Morgan fingerprint density at radius 1 is 0.920 bits per heavy atom. The molecule has 0 saturated heterocycles. The number of pyridine rings is 1. The molecule has 1 aromatic heterocycles. The van der Waals surface area contributed by atoms with Crippen molar-refractivity contribution in [3.8, 4) is 0 Å². The third-order valence-electron chi connectivity index (χ3n) is 4.06. The summed E-state index contributed by atoms with van der Waals surface area (Å²) in [4.78, 5) is 18.6. The van der Waals surface area contributed by atoms with Crippen LogP contribution in [0, 0.1) is 0 Å². The summed E-state index contributed by atoms with van der Waals surface area (Å²) in [6.45, 7) is 0.290. The molecule has 4 heteroatoms. The summed E-state index contributed by atoms with van der Waals surface area (Å²) in [6, 6.07) is 23.5. The fourth-order valence-electron chi connectivity index (χ4n) is 2.76. The topological polar surface area (TPSA) is 45.2 Å². The maximum Gasteiger partial charge on any atom is 0.240 e. The summed E-state index contributed by atoms with van der Waals surface area (Å²) in [6.07, 6.45) is 3.49. The van der Waals surface area contributed by atoms with Crippen LogP contribution in [-0.2, 0) is 4.79 Å². The highest BCUT2D eigenvalue weighted by Gasteiger charge is 2.17. The van der Waals surface area contributed by atoms with Gasteiger partial charge in [-0.15, -0.1) is 0 Å². The minimum Gasteiger partial charge on any atom is -0.365 e. The lowest BCUT2D eigenvalue weighted by atomic mass is 9.99. The molecular weight excluding hydrogens is 310 g/mol. The number of rotatable bonds is 6. The Morgan fingerprint density at radius 3 is 2.12 bits per heavy atom. The van der Waals surface area contributed by atoms with E-state index >= 15 is 0 Å². The molecule has 0 aliphatic carbocycles. The highest BCUT2D eigenvalue weighted by molar-refractivity contribution is 5.82. The molecule has 0 bridgehead atoms. The second kappa shape index (κ2) is 8.11. The largest absolute Gasteiger partial charge is 0.365 e. The summed E-state index contributed by atoms with van der Waals surface area (Å²) in [5, 5.41) is 3.14. The van der Waals surface area contributed by atoms with Crippen LogP contribution in [0.15, 0.2) is 85.2 Å². The molecule has 1 unspecified atom stereocenters. The number of para-hydroxylation sites is 1. The molecule has 3 rings (SSSR count). The van der Waals surface area contributed by atoms with E-state index in [4.69, 9.17) is 0 Å². The van der Waals surface area contributed by atoms with Gasteiger partial charge in [-0.3, -0.25) is 9.78 Å². The molecule has 1 heterocycles. The minimum absolute atomic E-state index is 0.0305. The van der Waals surface area contributed by atoms with Crippen molar-refractivity contribution in [1.29, 1.82) is 0 Å². The summed E-state index contributed by atoms with van der Waals surface area (Å²) in [5.74, 6) is -0.0305. The van der Waals surface area contributed by atoms with Crippen LogP contribution in [0.25, 0.3) is 0 Å². The van der Waals surface area contributed by atoms with Crippen LogP contribution in [0.4, 0.5) is 5.69 Å². The maximum absolute atomic E-state index is 12.6. The molecule has 2 aromatic carbocycles. The molecule has 0 spiro atoms. The van der Waals surface area contributed by atoms with Gasteiger partial charge in [0.2, 0.25) is 5.91 Å². The average molecular weight is 331 g/mol. The first-order chi connectivity index (χ1) is 12.2. The van der Waals surface area contributed by atoms with Gasteiger partial charge >= 0.3 is 0 Å². The van der Waals surface area contributed by atoms with E-state index in [0.29, 0.717) is 6.54 Å². The number of amides is 1. The van der Waals surface area contributed by atoms with E-state index in [-0.39, 0.29) is 11.9 Å². The van der Waals surface area contributed by atoms with Crippen LogP contribution in [0.1, 0.15) is 17.2 Å². The molecule has 0 aliphatic rings. The first-order valence-electron chi connectivity index (χ1n) is 8.24. The number of carbonyl (C=O) groups is 1. The summed E-state index contributed by atoms with van der Waals surface area (Å²) < 4.78 is 0. The molecule has 1 N–H and O–H groups in total. The first-order valence-corrected chi connectivity index (χ1v) is 8.24. The first kappa shape index (κ1) is 16.7. The Morgan fingerprint density at radius 2 is 1.48 bits per heavy atom. The zero-order chi connectivity index (χ0) is 17.5. The molecule has 126 valence electrons. The standard InChI is InChI=1S/C21H21N3O/c1-24(19-10-6-3-7-11-19)16-20(25)23-21(17-8-4-2-5-9-17)18-12-14-22-15-13-18/h2-15,21H,16H2,1H3,(H,23,25). The van der Waals surface area contributed by atoms with Crippen LogP contribution >= 0.6 is 0 Å². The number of nitrogens with zero attached hydrogens (tertiary/aromatic N) is 2. The Hall–Kier alpha value is -3.14. The van der Waals surface area contributed by atoms with Crippen LogP contribution in [-0.4, -0.2) is 24.5 Å². The number of anilines is 1. The molecule has 0 radical (unpaired) electrons. The Kier molecular flexibility index (Phi) is 5.42. The molecule has 4 nitrogen and oxygen atoms in total. The lowest BCUT2D eigenvalue weighted by molar-refractivity contribution is -0.120. The van der Waals surface area contributed by atoms with Gasteiger partial charge in [-0.05, 0) is 35.4 Å². The third kappa shape index (κ3) is 4.44. The van der Waals surface area contributed by atoms with Crippen molar-refractivity contribution in [1.82, 2.24) is 10.3 Å². The smallest absolute Gasteiger partial charge is 0.240 e. The maximum atomic E-state index is 12.6. The second-order valence-electron chi connectivity index (χ2n) is 5.88. The molecule has 0 fully saturated rings. The quantitative estimate of drug-likeness (QED) is 0.753. The van der Waals surface area contributed by atoms with Gasteiger partial charge in [0.25, 0.3) is 0 Å². The Bertz CT molecular complexity index is 752. The summed E-state index contributed by atoms with van der Waals surface area (Å²) in [5.41, 5.74) is 3.07. The van der Waals surface area contributed by atoms with E-state index in [2.05, 4.69) is 10.3 Å². The molecular formula is C21H21N3O. The monoisotopic (exact) mass is 331 g/mol. The van der Waals surface area contributed by atoms with Crippen LogP contribution in [0.5, 0.6) is 0 Å². The van der Waals surface area contributed by atoms with Gasteiger partial charge in [0.15, 0.2) is 0 Å². The lowest BCUT2D eigenvalue weighted by Crippen LogP contribution is -2.37. The van der Waals surface area contributed by atoms with Gasteiger partial charge < -0.3 is 10.2 Å². The molecule has 0 aliphatic heterocycles. The van der Waals surface area contributed by atoms with E-state index in [0.717, 1.165) is 16.8 Å². The van der Waals surface area contributed by atoms with Crippen molar-refractivity contribution in [3.63, 3.8) is 0 Å². The van der Waals surface area contributed by atoms with Gasteiger partial charge in [-0.1, -0.05) is 48.5 Å². The summed E-state index contributed by atoms with van der Waals surface area (Å²) >= 11 is 0. The van der Waals surface area contributed by atoms with Crippen molar-refractivity contribution >= 4 is 11.6 Å². The fraction of sp³-hybridized carbons (Fsp3) is 0.143. The number of hydrogen-bond acceptors (Lipinski definition) is 3. The van der Waals surface area contributed by atoms with E-state index in [9.17, 15) is 4.79 Å². The number of nitrogens with one attached hydrogen (secondary N) is 1.